The number of nitrogens with one attached hydrogen (secondary N) is 2. The number of aromatic nitrogens is 2. The fourth-order valence-electron chi connectivity index (χ4n) is 3.39. The molecule has 0 unspecified atom stereocenters. The molecular weight excluding hydrogens is 448 g/mol. The van der Waals surface area contributed by atoms with Gasteiger partial charge in [0.05, 0.1) is 17.1 Å². The summed E-state index contributed by atoms with van der Waals surface area (Å²) in [5.74, 6) is -0.147. The molecule has 1 aromatic heterocycles. The van der Waals surface area contributed by atoms with Crippen molar-refractivity contribution in [2.24, 2.45) is 0 Å². The zero-order valence-electron chi connectivity index (χ0n) is 18.5. The van der Waals surface area contributed by atoms with E-state index < -0.39 is 15.9 Å². The summed E-state index contributed by atoms with van der Waals surface area (Å²) in [7, 11) is -4.04. The standard InChI is InChI=1S/C23H27ClN4O3S/c1-15(2)18-9-11-20(12-10-18)28(32(30,31)23-16(3)26-27-17(23)4)14-22(29)25-13-19-7-5-6-8-21(19)24/h5-12,15H,13-14H2,1-4H3,(H,25,29)(H,26,27). The molecular formula is C23H27ClN4O3S. The second kappa shape index (κ2) is 9.75. The Balaban J connectivity index is 1.91. The molecule has 3 aromatic rings. The van der Waals surface area contributed by atoms with Crippen molar-refractivity contribution in [3.63, 3.8) is 0 Å². The largest absolute Gasteiger partial charge is 0.350 e. The molecule has 2 aromatic carbocycles. The van der Waals surface area contributed by atoms with Crippen LogP contribution in [0.25, 0.3) is 0 Å². The molecule has 0 saturated heterocycles. The van der Waals surface area contributed by atoms with E-state index in [2.05, 4.69) is 29.4 Å². The topological polar surface area (TPSA) is 95.2 Å². The van der Waals surface area contributed by atoms with Gasteiger partial charge in [0.15, 0.2) is 0 Å². The lowest BCUT2D eigenvalue weighted by Crippen LogP contribution is -2.41. The monoisotopic (exact) mass is 474 g/mol. The number of nitrogens with zero attached hydrogens (tertiary/aromatic N) is 2. The van der Waals surface area contributed by atoms with E-state index in [0.717, 1.165) is 15.4 Å². The van der Waals surface area contributed by atoms with Gasteiger partial charge < -0.3 is 5.32 Å². The Kier molecular flexibility index (Phi) is 7.26. The summed E-state index contributed by atoms with van der Waals surface area (Å²) < 4.78 is 28.3. The number of carbonyl (C=O) groups excluding carboxylic acids is 1. The highest BCUT2D eigenvalue weighted by atomic mass is 35.5. The molecule has 0 aliphatic carbocycles. The minimum absolute atomic E-state index is 0.0735. The average molecular weight is 475 g/mol. The Labute approximate surface area is 193 Å². The van der Waals surface area contributed by atoms with Gasteiger partial charge in [0.25, 0.3) is 10.0 Å². The molecule has 1 amide bonds. The van der Waals surface area contributed by atoms with Crippen LogP contribution in [0.1, 0.15) is 42.3 Å². The third-order valence-electron chi connectivity index (χ3n) is 5.18. The van der Waals surface area contributed by atoms with E-state index in [1.807, 2.05) is 18.2 Å². The van der Waals surface area contributed by atoms with Crippen molar-refractivity contribution in [1.29, 1.82) is 0 Å². The first kappa shape index (κ1) is 23.8. The van der Waals surface area contributed by atoms with Gasteiger partial charge >= 0.3 is 0 Å². The number of hydrogen-bond donors (Lipinski definition) is 2. The molecule has 32 heavy (non-hydrogen) atoms. The molecule has 2 N–H and O–H groups in total. The van der Waals surface area contributed by atoms with Crippen LogP contribution in [0.5, 0.6) is 0 Å². The predicted molar refractivity (Wildman–Crippen MR) is 126 cm³/mol. The lowest BCUT2D eigenvalue weighted by molar-refractivity contribution is -0.119. The number of benzene rings is 2. The van der Waals surface area contributed by atoms with Crippen LogP contribution in [0.4, 0.5) is 5.69 Å². The summed E-state index contributed by atoms with van der Waals surface area (Å²) in [6.07, 6.45) is 0. The normalized spacial score (nSPS) is 11.6. The highest BCUT2D eigenvalue weighted by Gasteiger charge is 2.31. The Morgan fingerprint density at radius 3 is 2.34 bits per heavy atom. The number of H-pyrrole nitrogens is 1. The predicted octanol–water partition coefficient (Wildman–Crippen LogP) is 4.32. The van der Waals surface area contributed by atoms with Crippen LogP contribution in [0, 0.1) is 13.8 Å². The van der Waals surface area contributed by atoms with Gasteiger partial charge in [-0.3, -0.25) is 14.2 Å². The van der Waals surface area contributed by atoms with Crippen molar-refractivity contribution in [2.45, 2.75) is 45.1 Å². The number of anilines is 1. The van der Waals surface area contributed by atoms with Gasteiger partial charge in [-0.1, -0.05) is 55.8 Å². The van der Waals surface area contributed by atoms with Crippen LogP contribution in [-0.2, 0) is 21.4 Å². The minimum Gasteiger partial charge on any atom is -0.350 e. The highest BCUT2D eigenvalue weighted by Crippen LogP contribution is 2.28. The fourth-order valence-corrected chi connectivity index (χ4v) is 5.35. The summed E-state index contributed by atoms with van der Waals surface area (Å²) in [4.78, 5) is 12.9. The van der Waals surface area contributed by atoms with Gasteiger partial charge in [0.1, 0.15) is 11.4 Å². The van der Waals surface area contributed by atoms with Crippen LogP contribution in [0.3, 0.4) is 0 Å². The van der Waals surface area contributed by atoms with E-state index in [1.54, 1.807) is 44.2 Å². The van der Waals surface area contributed by atoms with E-state index in [1.165, 1.54) is 0 Å². The third-order valence-corrected chi connectivity index (χ3v) is 7.58. The zero-order valence-corrected chi connectivity index (χ0v) is 20.1. The molecule has 0 aliphatic rings. The van der Waals surface area contributed by atoms with Crippen LogP contribution in [0.15, 0.2) is 53.4 Å². The maximum Gasteiger partial charge on any atom is 0.268 e. The molecule has 9 heteroatoms. The molecule has 1 heterocycles. The molecule has 3 rings (SSSR count). The van der Waals surface area contributed by atoms with Gasteiger partial charge in [0, 0.05) is 11.6 Å². The molecule has 0 aliphatic heterocycles. The molecule has 7 nitrogen and oxygen atoms in total. The van der Waals surface area contributed by atoms with Crippen LogP contribution >= 0.6 is 11.6 Å². The second-order valence-corrected chi connectivity index (χ2v) is 10.1. The fraction of sp³-hybridized carbons (Fsp3) is 0.304. The average Bonchev–Trinajstić information content (AvgIpc) is 3.10. The quantitative estimate of drug-likeness (QED) is 0.508. The molecule has 170 valence electrons. The lowest BCUT2D eigenvalue weighted by atomic mass is 10.0. The van der Waals surface area contributed by atoms with Crippen LogP contribution in [0.2, 0.25) is 5.02 Å². The summed E-state index contributed by atoms with van der Waals surface area (Å²) >= 11 is 6.16. The van der Waals surface area contributed by atoms with Crippen molar-refractivity contribution in [3.05, 3.63) is 76.1 Å². The Hall–Kier alpha value is -2.84. The number of rotatable bonds is 8. The SMILES string of the molecule is Cc1n[nH]c(C)c1S(=O)(=O)N(CC(=O)NCc1ccccc1Cl)c1ccc(C(C)C)cc1. The maximum absolute atomic E-state index is 13.6. The first-order valence-corrected chi connectivity index (χ1v) is 12.1. The van der Waals surface area contributed by atoms with E-state index in [0.29, 0.717) is 28.0 Å². The Bertz CT molecular complexity index is 1180. The number of hydrogen-bond acceptors (Lipinski definition) is 4. The highest BCUT2D eigenvalue weighted by molar-refractivity contribution is 7.93. The maximum atomic E-state index is 13.6. The smallest absolute Gasteiger partial charge is 0.268 e. The number of halogens is 1. The number of aromatic amines is 1. The molecule has 0 atom stereocenters. The van der Waals surface area contributed by atoms with Crippen LogP contribution < -0.4 is 9.62 Å². The van der Waals surface area contributed by atoms with Crippen molar-refractivity contribution in [2.75, 3.05) is 10.8 Å². The molecule has 0 saturated carbocycles. The lowest BCUT2D eigenvalue weighted by Gasteiger charge is -2.24. The third kappa shape index (κ3) is 5.14. The number of amides is 1. The number of aryl methyl sites for hydroxylation is 2. The number of sulfonamides is 1. The number of carbonyl (C=O) groups is 1. The second-order valence-electron chi connectivity index (χ2n) is 7.89. The molecule has 0 fully saturated rings. The van der Waals surface area contributed by atoms with Gasteiger partial charge in [-0.05, 0) is 49.1 Å². The van der Waals surface area contributed by atoms with Crippen LogP contribution in [-0.4, -0.2) is 31.1 Å². The molecule has 0 bridgehead atoms. The van der Waals surface area contributed by atoms with Crippen molar-refractivity contribution >= 4 is 33.2 Å². The van der Waals surface area contributed by atoms with Crippen molar-refractivity contribution in [1.82, 2.24) is 15.5 Å². The first-order valence-electron chi connectivity index (χ1n) is 10.3. The van der Waals surface area contributed by atoms with Crippen molar-refractivity contribution < 1.29 is 13.2 Å². The van der Waals surface area contributed by atoms with E-state index in [-0.39, 0.29) is 18.0 Å². The summed E-state index contributed by atoms with van der Waals surface area (Å²) in [5.41, 5.74) is 3.00. The molecule has 0 spiro atoms. The van der Waals surface area contributed by atoms with Gasteiger partial charge in [0.2, 0.25) is 5.91 Å². The molecule has 0 radical (unpaired) electrons. The summed E-state index contributed by atoms with van der Waals surface area (Å²) in [5, 5.41) is 10.0. The Morgan fingerprint density at radius 1 is 1.12 bits per heavy atom. The summed E-state index contributed by atoms with van der Waals surface area (Å²) in [6, 6.07) is 14.4. The van der Waals surface area contributed by atoms with Gasteiger partial charge in [-0.2, -0.15) is 5.10 Å². The zero-order chi connectivity index (χ0) is 23.5. The van der Waals surface area contributed by atoms with E-state index >= 15 is 0 Å². The van der Waals surface area contributed by atoms with E-state index in [4.69, 9.17) is 11.6 Å². The minimum atomic E-state index is -4.04. The van der Waals surface area contributed by atoms with Gasteiger partial charge in [-0.15, -0.1) is 0 Å². The van der Waals surface area contributed by atoms with E-state index in [9.17, 15) is 13.2 Å². The van der Waals surface area contributed by atoms with Gasteiger partial charge in [-0.25, -0.2) is 8.42 Å². The summed E-state index contributed by atoms with van der Waals surface area (Å²) in [6.45, 7) is 7.20. The van der Waals surface area contributed by atoms with Crippen molar-refractivity contribution in [3.8, 4) is 0 Å². The Morgan fingerprint density at radius 2 is 1.78 bits per heavy atom. The first-order chi connectivity index (χ1) is 15.1.